The van der Waals surface area contributed by atoms with Crippen LogP contribution in [0.4, 0.5) is 0 Å². The number of rotatable bonds is 2. The lowest BCUT2D eigenvalue weighted by atomic mass is 9.80. The quantitative estimate of drug-likeness (QED) is 0.315. The molecule has 0 bridgehead atoms. The Morgan fingerprint density at radius 3 is 1.38 bits per heavy atom. The van der Waals surface area contributed by atoms with Crippen LogP contribution in [0.3, 0.4) is 0 Å². The van der Waals surface area contributed by atoms with Crippen molar-refractivity contribution >= 4 is 11.6 Å². The highest BCUT2D eigenvalue weighted by molar-refractivity contribution is 6.24. The normalized spacial score (nSPS) is 26.2. The molecule has 2 atom stereocenters. The number of carbonyl (C=O) groups is 2. The van der Waals surface area contributed by atoms with Gasteiger partial charge in [-0.3, -0.25) is 9.59 Å². The highest BCUT2D eigenvalue weighted by Gasteiger charge is 2.45. The SMILES string of the molecule is [2H][C@]1(c2cccc(C)c2)/C(=C2\C(=O)c3ccccc3[C@@]2([2H])c2cccc(C)c2)C(=O)c2ccccc21. The number of Topliss-reactive ketones (excluding diaryl/α,β-unsaturated/α-hetero) is 2. The van der Waals surface area contributed by atoms with E-state index < -0.39 is 11.8 Å². The second-order valence-electron chi connectivity index (χ2n) is 8.99. The van der Waals surface area contributed by atoms with E-state index in [2.05, 4.69) is 0 Å². The monoisotopic (exact) mass is 442 g/mol. The maximum atomic E-state index is 14.1. The van der Waals surface area contributed by atoms with Crippen LogP contribution in [-0.4, -0.2) is 11.6 Å². The number of carbonyl (C=O) groups excluding carboxylic acids is 2. The minimum absolute atomic E-state index is 0.0759. The Morgan fingerprint density at radius 1 is 0.559 bits per heavy atom. The number of fused-ring (bicyclic) bond motifs is 2. The van der Waals surface area contributed by atoms with Crippen LogP contribution in [0.15, 0.2) is 108 Å². The van der Waals surface area contributed by atoms with Gasteiger partial charge in [-0.2, -0.15) is 0 Å². The zero-order chi connectivity index (χ0) is 25.2. The number of aryl methyl sites for hydroxylation is 2. The Bertz CT molecular complexity index is 1510. The molecule has 0 aromatic heterocycles. The number of ketones is 2. The van der Waals surface area contributed by atoms with E-state index in [1.165, 1.54) is 0 Å². The fraction of sp³-hybridized carbons (Fsp3) is 0.125. The summed E-state index contributed by atoms with van der Waals surface area (Å²) in [6.07, 6.45) is 0. The average molecular weight is 443 g/mol. The van der Waals surface area contributed by atoms with Crippen LogP contribution in [0, 0.1) is 13.8 Å². The molecular weight excluding hydrogens is 416 g/mol. The van der Waals surface area contributed by atoms with Crippen molar-refractivity contribution in [1.29, 1.82) is 0 Å². The van der Waals surface area contributed by atoms with Gasteiger partial charge in [0.05, 0.1) is 0 Å². The minimum Gasteiger partial charge on any atom is -0.289 e. The smallest absolute Gasteiger partial charge is 0.190 e. The molecule has 0 radical (unpaired) electrons. The van der Waals surface area contributed by atoms with Gasteiger partial charge in [-0.15, -0.1) is 0 Å². The van der Waals surface area contributed by atoms with Gasteiger partial charge in [-0.1, -0.05) is 108 Å². The van der Waals surface area contributed by atoms with Crippen LogP contribution < -0.4 is 0 Å². The number of hydrogen-bond acceptors (Lipinski definition) is 2. The summed E-state index contributed by atoms with van der Waals surface area (Å²) in [4.78, 5) is 28.3. The fourth-order valence-corrected chi connectivity index (χ4v) is 5.24. The number of allylic oxidation sites excluding steroid dienone is 2. The van der Waals surface area contributed by atoms with Crippen molar-refractivity contribution in [2.24, 2.45) is 0 Å². The zero-order valence-corrected chi connectivity index (χ0v) is 19.1. The molecule has 164 valence electrons. The van der Waals surface area contributed by atoms with Gasteiger partial charge in [0.2, 0.25) is 0 Å². The molecular formula is C32H24O2. The standard InChI is InChI=1S/C32H24O2/c1-19-9-7-11-21(17-19)27-23-13-3-5-15-25(23)31(33)29(27)30-28(22-12-8-10-20(2)18-22)24-14-4-6-16-26(24)32(30)34/h3-18,27-28H,1-2H3/b30-29+/t27-,28-/m1/s1/i27D,28D. The van der Waals surface area contributed by atoms with E-state index in [9.17, 15) is 12.3 Å². The molecule has 0 N–H and O–H groups in total. The van der Waals surface area contributed by atoms with Crippen LogP contribution in [0.2, 0.25) is 0 Å². The number of hydrogen-bond donors (Lipinski definition) is 0. The molecule has 0 spiro atoms. The Morgan fingerprint density at radius 2 is 0.971 bits per heavy atom. The third-order valence-electron chi connectivity index (χ3n) is 6.70. The van der Waals surface area contributed by atoms with Crippen LogP contribution >= 0.6 is 0 Å². The lowest BCUT2D eigenvalue weighted by Gasteiger charge is -2.21. The summed E-state index contributed by atoms with van der Waals surface area (Å²) in [7, 11) is 0. The van der Waals surface area contributed by atoms with Crippen molar-refractivity contribution < 1.29 is 12.3 Å². The van der Waals surface area contributed by atoms with Crippen LogP contribution in [0.5, 0.6) is 0 Å². The summed E-state index contributed by atoms with van der Waals surface area (Å²) in [6, 6.07) is 29.3. The second kappa shape index (κ2) is 7.78. The molecule has 4 aromatic carbocycles. The molecule has 2 aliphatic carbocycles. The lowest BCUT2D eigenvalue weighted by Crippen LogP contribution is -2.14. The first-order chi connectivity index (χ1) is 17.3. The largest absolute Gasteiger partial charge is 0.289 e. The molecule has 2 nitrogen and oxygen atoms in total. The van der Waals surface area contributed by atoms with Crippen LogP contribution in [-0.2, 0) is 0 Å². The molecule has 34 heavy (non-hydrogen) atoms. The summed E-state index contributed by atoms with van der Waals surface area (Å²) in [5.74, 6) is -3.96. The van der Waals surface area contributed by atoms with E-state index in [0.29, 0.717) is 33.4 Å². The Kier molecular flexibility index (Phi) is 4.21. The minimum atomic E-state index is -1.62. The van der Waals surface area contributed by atoms with Gasteiger partial charge < -0.3 is 0 Å². The summed E-state index contributed by atoms with van der Waals surface area (Å²) in [5.41, 5.74) is 5.18. The van der Waals surface area contributed by atoms with Gasteiger partial charge in [-0.25, -0.2) is 0 Å². The van der Waals surface area contributed by atoms with E-state index >= 15 is 0 Å². The molecule has 2 aliphatic rings. The van der Waals surface area contributed by atoms with Crippen molar-refractivity contribution in [3.63, 3.8) is 0 Å². The predicted molar refractivity (Wildman–Crippen MR) is 135 cm³/mol. The van der Waals surface area contributed by atoms with Gasteiger partial charge in [-0.05, 0) is 36.1 Å². The number of benzene rings is 4. The second-order valence-corrected chi connectivity index (χ2v) is 8.99. The molecule has 0 unspecified atom stereocenters. The first-order valence-electron chi connectivity index (χ1n) is 12.5. The summed E-state index contributed by atoms with van der Waals surface area (Å²) < 4.78 is 19.8. The van der Waals surface area contributed by atoms with Gasteiger partial charge in [0.1, 0.15) is 0 Å². The highest BCUT2D eigenvalue weighted by Crippen LogP contribution is 2.51. The van der Waals surface area contributed by atoms with Gasteiger partial charge in [0.15, 0.2) is 11.6 Å². The molecule has 0 amide bonds. The highest BCUT2D eigenvalue weighted by atomic mass is 16.1. The molecule has 0 aliphatic heterocycles. The van der Waals surface area contributed by atoms with Crippen LogP contribution in [0.25, 0.3) is 0 Å². The molecule has 0 saturated heterocycles. The first-order valence-corrected chi connectivity index (χ1v) is 11.5. The molecule has 2 heteroatoms. The topological polar surface area (TPSA) is 34.1 Å². The van der Waals surface area contributed by atoms with Crippen molar-refractivity contribution in [3.8, 4) is 0 Å². The van der Waals surface area contributed by atoms with Gasteiger partial charge in [0.25, 0.3) is 0 Å². The van der Waals surface area contributed by atoms with Crippen molar-refractivity contribution in [2.75, 3.05) is 0 Å². The first kappa shape index (κ1) is 18.4. The molecule has 4 aromatic rings. The van der Waals surface area contributed by atoms with Crippen molar-refractivity contribution in [2.45, 2.75) is 25.6 Å². The third-order valence-corrected chi connectivity index (χ3v) is 6.70. The Labute approximate surface area is 202 Å². The van der Waals surface area contributed by atoms with Crippen LogP contribution in [0.1, 0.15) is 68.6 Å². The Balaban J connectivity index is 1.78. The molecule has 0 fully saturated rings. The summed E-state index contributed by atoms with van der Waals surface area (Å²) >= 11 is 0. The van der Waals surface area contributed by atoms with Crippen molar-refractivity contribution in [1.82, 2.24) is 0 Å². The van der Waals surface area contributed by atoms with E-state index in [0.717, 1.165) is 11.1 Å². The molecule has 0 heterocycles. The Hall–Kier alpha value is -4.04. The lowest BCUT2D eigenvalue weighted by molar-refractivity contribution is 0.100. The summed E-state index contributed by atoms with van der Waals surface area (Å²) in [5, 5.41) is 0. The van der Waals surface area contributed by atoms with Gasteiger partial charge >= 0.3 is 0 Å². The predicted octanol–water partition coefficient (Wildman–Crippen LogP) is 6.96. The van der Waals surface area contributed by atoms with E-state index in [1.54, 1.807) is 36.4 Å². The third kappa shape index (κ3) is 3.03. The fourth-order valence-electron chi connectivity index (χ4n) is 5.24. The maximum absolute atomic E-state index is 14.1. The van der Waals surface area contributed by atoms with E-state index in [4.69, 9.17) is 0 Å². The zero-order valence-electron chi connectivity index (χ0n) is 21.1. The maximum Gasteiger partial charge on any atom is 0.190 e. The average Bonchev–Trinajstić information content (AvgIpc) is 3.25. The summed E-state index contributed by atoms with van der Waals surface area (Å²) in [6.45, 7) is 3.89. The van der Waals surface area contributed by atoms with E-state index in [1.807, 2.05) is 74.5 Å². The molecule has 6 rings (SSSR count). The van der Waals surface area contributed by atoms with Gasteiger partial charge in [0, 0.05) is 36.8 Å². The van der Waals surface area contributed by atoms with E-state index in [-0.39, 0.29) is 22.7 Å². The van der Waals surface area contributed by atoms with Crippen molar-refractivity contribution in [3.05, 3.63) is 153 Å². The molecule has 0 saturated carbocycles.